The van der Waals surface area contributed by atoms with E-state index in [1.807, 2.05) is 13.0 Å². The number of carbonyl (C=O) groups excluding carboxylic acids is 1. The third-order valence-corrected chi connectivity index (χ3v) is 8.45. The van der Waals surface area contributed by atoms with Crippen LogP contribution in [0.4, 0.5) is 23.2 Å². The maximum Gasteiger partial charge on any atom is 0.416 e. The summed E-state index contributed by atoms with van der Waals surface area (Å²) in [6.07, 6.45) is -0.451. The van der Waals surface area contributed by atoms with E-state index in [-0.39, 0.29) is 36.6 Å². The van der Waals surface area contributed by atoms with Crippen LogP contribution in [0.5, 0.6) is 0 Å². The van der Waals surface area contributed by atoms with Gasteiger partial charge in [0.05, 0.1) is 17.5 Å². The van der Waals surface area contributed by atoms with Gasteiger partial charge in [-0.05, 0) is 73.6 Å². The number of aryl methyl sites for hydroxylation is 1. The molecule has 0 bridgehead atoms. The highest BCUT2D eigenvalue weighted by molar-refractivity contribution is 6.10. The van der Waals surface area contributed by atoms with Gasteiger partial charge in [0.15, 0.2) is 0 Å². The van der Waals surface area contributed by atoms with Crippen LogP contribution in [0.2, 0.25) is 0 Å². The molecule has 10 heteroatoms. The van der Waals surface area contributed by atoms with Gasteiger partial charge in [-0.2, -0.15) is 13.2 Å². The van der Waals surface area contributed by atoms with E-state index < -0.39 is 29.2 Å². The predicted molar refractivity (Wildman–Crippen MR) is 134 cm³/mol. The largest absolute Gasteiger partial charge is 0.416 e. The molecule has 2 saturated carbocycles. The highest BCUT2D eigenvalue weighted by Gasteiger charge is 2.51. The molecule has 1 unspecified atom stereocenters. The number of fused-ring (bicyclic) bond motifs is 1. The van der Waals surface area contributed by atoms with Crippen molar-refractivity contribution in [2.75, 3.05) is 4.90 Å². The van der Waals surface area contributed by atoms with Gasteiger partial charge < -0.3 is 14.8 Å². The van der Waals surface area contributed by atoms with Crippen molar-refractivity contribution in [2.45, 2.75) is 75.4 Å². The molecule has 0 spiro atoms. The van der Waals surface area contributed by atoms with Crippen LogP contribution in [0.15, 0.2) is 42.7 Å². The number of alkyl halides is 4. The van der Waals surface area contributed by atoms with Gasteiger partial charge >= 0.3 is 6.18 Å². The first-order valence-electron chi connectivity index (χ1n) is 13.0. The van der Waals surface area contributed by atoms with Gasteiger partial charge in [-0.3, -0.25) is 4.79 Å². The molecule has 3 aromatic rings. The lowest BCUT2D eigenvalue weighted by atomic mass is 9.62. The number of aromatic nitrogens is 3. The average Bonchev–Trinajstić information content (AvgIpc) is 3.41. The first-order valence-corrected chi connectivity index (χ1v) is 13.0. The van der Waals surface area contributed by atoms with E-state index in [9.17, 15) is 22.4 Å². The SMILES string of the molecule is CC(NC1CCC1)c1cc2c(c(C(F)(F)F)c1)CN(c1cccc(C3(c4nncn4C)CC(F)C3)c1)C2=O. The van der Waals surface area contributed by atoms with E-state index in [1.165, 1.54) is 11.0 Å². The molecule has 1 aliphatic heterocycles. The zero-order valence-electron chi connectivity index (χ0n) is 21.2. The maximum absolute atomic E-state index is 14.2. The molecule has 3 aliphatic rings. The van der Waals surface area contributed by atoms with Crippen LogP contribution in [0, 0.1) is 0 Å². The zero-order chi connectivity index (χ0) is 26.8. The van der Waals surface area contributed by atoms with Gasteiger partial charge in [-0.25, -0.2) is 4.39 Å². The van der Waals surface area contributed by atoms with Gasteiger partial charge in [0.25, 0.3) is 5.91 Å². The van der Waals surface area contributed by atoms with Crippen molar-refractivity contribution in [1.82, 2.24) is 20.1 Å². The Morgan fingerprint density at radius 3 is 2.53 bits per heavy atom. The fourth-order valence-electron chi connectivity index (χ4n) is 6.10. The molecule has 200 valence electrons. The normalized spacial score (nSPS) is 24.2. The Morgan fingerprint density at radius 2 is 1.92 bits per heavy atom. The molecule has 0 saturated heterocycles. The summed E-state index contributed by atoms with van der Waals surface area (Å²) in [6, 6.07) is 9.86. The number of halogens is 4. The van der Waals surface area contributed by atoms with E-state index in [4.69, 9.17) is 0 Å². The molecule has 2 aliphatic carbocycles. The molecule has 1 N–H and O–H groups in total. The molecule has 38 heavy (non-hydrogen) atoms. The Labute approximate surface area is 218 Å². The number of carbonyl (C=O) groups is 1. The van der Waals surface area contributed by atoms with Crippen LogP contribution in [0.3, 0.4) is 0 Å². The fraction of sp³-hybridized carbons (Fsp3) is 0.464. The summed E-state index contributed by atoms with van der Waals surface area (Å²) >= 11 is 0. The lowest BCUT2D eigenvalue weighted by molar-refractivity contribution is -0.138. The number of amides is 1. The third-order valence-electron chi connectivity index (χ3n) is 8.45. The Kier molecular flexibility index (Phi) is 5.86. The molecule has 1 aromatic heterocycles. The van der Waals surface area contributed by atoms with E-state index in [2.05, 4.69) is 15.5 Å². The molecule has 6 nitrogen and oxygen atoms in total. The molecular weight excluding hydrogens is 498 g/mol. The summed E-state index contributed by atoms with van der Waals surface area (Å²) in [5, 5.41) is 11.6. The Hall–Kier alpha value is -3.27. The minimum Gasteiger partial charge on any atom is -0.320 e. The number of nitrogens with zero attached hydrogens (tertiary/aromatic N) is 4. The summed E-state index contributed by atoms with van der Waals surface area (Å²) < 4.78 is 58.5. The summed E-state index contributed by atoms with van der Waals surface area (Å²) in [5.41, 5.74) is 0.289. The highest BCUT2D eigenvalue weighted by atomic mass is 19.4. The van der Waals surface area contributed by atoms with Crippen LogP contribution < -0.4 is 10.2 Å². The highest BCUT2D eigenvalue weighted by Crippen LogP contribution is 2.50. The van der Waals surface area contributed by atoms with Gasteiger partial charge in [0.1, 0.15) is 18.3 Å². The van der Waals surface area contributed by atoms with Crippen LogP contribution in [-0.2, 0) is 25.2 Å². The van der Waals surface area contributed by atoms with Gasteiger partial charge in [0.2, 0.25) is 0 Å². The fourth-order valence-corrected chi connectivity index (χ4v) is 6.10. The van der Waals surface area contributed by atoms with E-state index in [0.717, 1.165) is 24.8 Å². The lowest BCUT2D eigenvalue weighted by Gasteiger charge is -2.43. The minimum atomic E-state index is -4.59. The summed E-state index contributed by atoms with van der Waals surface area (Å²) in [7, 11) is 1.80. The second-order valence-corrected chi connectivity index (χ2v) is 10.9. The molecule has 2 aromatic carbocycles. The van der Waals surface area contributed by atoms with E-state index in [0.29, 0.717) is 23.1 Å². The number of anilines is 1. The van der Waals surface area contributed by atoms with Crippen LogP contribution in [0.25, 0.3) is 0 Å². The molecule has 0 radical (unpaired) electrons. The number of rotatable bonds is 6. The second-order valence-electron chi connectivity index (χ2n) is 10.9. The third kappa shape index (κ3) is 4.00. The van der Waals surface area contributed by atoms with Crippen molar-refractivity contribution in [1.29, 1.82) is 0 Å². The lowest BCUT2D eigenvalue weighted by Crippen LogP contribution is -2.45. The van der Waals surface area contributed by atoms with Gasteiger partial charge in [-0.1, -0.05) is 18.6 Å². The van der Waals surface area contributed by atoms with Crippen LogP contribution in [-0.4, -0.2) is 32.9 Å². The topological polar surface area (TPSA) is 63.0 Å². The smallest absolute Gasteiger partial charge is 0.320 e. The Balaban J connectivity index is 1.36. The zero-order valence-corrected chi connectivity index (χ0v) is 21.2. The number of hydrogen-bond donors (Lipinski definition) is 1. The first-order chi connectivity index (χ1) is 18.1. The van der Waals surface area contributed by atoms with Gasteiger partial charge in [-0.15, -0.1) is 10.2 Å². The van der Waals surface area contributed by atoms with Crippen LogP contribution >= 0.6 is 0 Å². The predicted octanol–water partition coefficient (Wildman–Crippen LogP) is 5.62. The molecule has 1 atom stereocenters. The summed E-state index contributed by atoms with van der Waals surface area (Å²) in [5.74, 6) is 0.154. The van der Waals surface area contributed by atoms with Crippen molar-refractivity contribution in [2.24, 2.45) is 7.05 Å². The molecule has 6 rings (SSSR count). The number of benzene rings is 2. The molecular formula is C28H29F4N5O. The van der Waals surface area contributed by atoms with E-state index in [1.54, 1.807) is 42.2 Å². The van der Waals surface area contributed by atoms with Crippen molar-refractivity contribution >= 4 is 11.6 Å². The van der Waals surface area contributed by atoms with E-state index >= 15 is 0 Å². The molecule has 2 heterocycles. The standard InChI is InChI=1S/C28H29F4N5O/c1-16(34-20-6-4-7-20)17-9-22-23(24(10-17)28(30,31)32)14-37(25(22)38)21-8-3-5-18(11-21)27(12-19(29)13-27)26-35-33-15-36(26)2/h3,5,8-11,15-16,19-20,34H,4,6-7,12-14H2,1-2H3. The number of nitrogens with one attached hydrogen (secondary N) is 1. The van der Waals surface area contributed by atoms with Crippen molar-refractivity contribution in [3.63, 3.8) is 0 Å². The second kappa shape index (κ2) is 8.90. The first kappa shape index (κ1) is 25.0. The van der Waals surface area contributed by atoms with Gasteiger partial charge in [0, 0.05) is 30.4 Å². The van der Waals surface area contributed by atoms with Crippen molar-refractivity contribution in [3.8, 4) is 0 Å². The summed E-state index contributed by atoms with van der Waals surface area (Å²) in [6.45, 7) is 1.66. The number of hydrogen-bond acceptors (Lipinski definition) is 4. The molecule has 1 amide bonds. The Morgan fingerprint density at radius 1 is 1.16 bits per heavy atom. The minimum absolute atomic E-state index is 0.0111. The average molecular weight is 528 g/mol. The van der Waals surface area contributed by atoms with Crippen molar-refractivity contribution < 1.29 is 22.4 Å². The quantitative estimate of drug-likeness (QED) is 0.423. The summed E-state index contributed by atoms with van der Waals surface area (Å²) in [4.78, 5) is 15.0. The van der Waals surface area contributed by atoms with Crippen molar-refractivity contribution in [3.05, 3.63) is 76.4 Å². The molecule has 2 fully saturated rings. The Bertz CT molecular complexity index is 1390. The van der Waals surface area contributed by atoms with Crippen LogP contribution in [0.1, 0.15) is 83.5 Å². The maximum atomic E-state index is 14.2. The monoisotopic (exact) mass is 527 g/mol.